The van der Waals surface area contributed by atoms with Crippen molar-refractivity contribution in [3.63, 3.8) is 0 Å². The number of piperazine rings is 1. The van der Waals surface area contributed by atoms with Crippen LogP contribution in [0, 0.1) is 0 Å². The fraction of sp³-hybridized carbons (Fsp3) is 0.304. The number of para-hydroxylation sites is 1. The summed E-state index contributed by atoms with van der Waals surface area (Å²) in [6.45, 7) is 6.44. The van der Waals surface area contributed by atoms with E-state index >= 15 is 0 Å². The normalized spacial score (nSPS) is 15.5. The molecular weight excluding hydrogens is 382 g/mol. The number of fused-ring (bicyclic) bond motifs is 1. The van der Waals surface area contributed by atoms with Gasteiger partial charge in [-0.2, -0.15) is 0 Å². The highest BCUT2D eigenvalue weighted by Gasteiger charge is 2.20. The van der Waals surface area contributed by atoms with Crippen LogP contribution in [0.3, 0.4) is 0 Å². The molecule has 2 aromatic carbocycles. The number of hydrogen-bond donors (Lipinski definition) is 1. The molecule has 0 aliphatic carbocycles. The van der Waals surface area contributed by atoms with Gasteiger partial charge in [-0.3, -0.25) is 19.4 Å². The molecule has 4 rings (SSSR count). The first-order valence-electron chi connectivity index (χ1n) is 9.90. The number of thiophene rings is 1. The van der Waals surface area contributed by atoms with Crippen LogP contribution in [0.15, 0.2) is 53.9 Å². The predicted molar refractivity (Wildman–Crippen MR) is 119 cm³/mol. The fourth-order valence-corrected chi connectivity index (χ4v) is 4.75. The Bertz CT molecular complexity index is 1020. The van der Waals surface area contributed by atoms with Crippen LogP contribution >= 0.6 is 11.3 Å². The first-order chi connectivity index (χ1) is 14.1. The molecule has 0 atom stereocenters. The van der Waals surface area contributed by atoms with E-state index in [4.69, 9.17) is 0 Å². The Kier molecular flexibility index (Phi) is 6.04. The van der Waals surface area contributed by atoms with Crippen LogP contribution < -0.4 is 5.32 Å². The van der Waals surface area contributed by atoms with Gasteiger partial charge in [-0.25, -0.2) is 0 Å². The molecule has 0 bridgehead atoms. The Labute approximate surface area is 174 Å². The number of amides is 1. The number of nitrogens with zero attached hydrogens (tertiary/aromatic N) is 2. The average molecular weight is 408 g/mol. The molecule has 5 nitrogen and oxygen atoms in total. The van der Waals surface area contributed by atoms with E-state index < -0.39 is 0 Å². The third-order valence-electron chi connectivity index (χ3n) is 5.37. The van der Waals surface area contributed by atoms with Gasteiger partial charge in [0.25, 0.3) is 0 Å². The maximum atomic E-state index is 12.5. The van der Waals surface area contributed by atoms with E-state index in [9.17, 15) is 9.59 Å². The van der Waals surface area contributed by atoms with Gasteiger partial charge in [0.1, 0.15) is 0 Å². The van der Waals surface area contributed by atoms with Gasteiger partial charge in [0.15, 0.2) is 5.78 Å². The van der Waals surface area contributed by atoms with Gasteiger partial charge < -0.3 is 5.32 Å². The van der Waals surface area contributed by atoms with Crippen molar-refractivity contribution in [2.75, 3.05) is 38.0 Å². The minimum Gasteiger partial charge on any atom is -0.324 e. The number of ketones is 1. The molecule has 0 radical (unpaired) electrons. The van der Waals surface area contributed by atoms with Crippen molar-refractivity contribution in [2.45, 2.75) is 13.5 Å². The van der Waals surface area contributed by atoms with E-state index in [1.807, 2.05) is 12.1 Å². The maximum Gasteiger partial charge on any atom is 0.238 e. The topological polar surface area (TPSA) is 52.7 Å². The molecule has 1 saturated heterocycles. The second-order valence-electron chi connectivity index (χ2n) is 7.46. The van der Waals surface area contributed by atoms with E-state index in [2.05, 4.69) is 44.8 Å². The molecule has 0 unspecified atom stereocenters. The summed E-state index contributed by atoms with van der Waals surface area (Å²) >= 11 is 1.80. The third kappa shape index (κ3) is 4.72. The van der Waals surface area contributed by atoms with Crippen molar-refractivity contribution in [1.82, 2.24) is 9.80 Å². The van der Waals surface area contributed by atoms with Crippen molar-refractivity contribution in [2.24, 2.45) is 0 Å². The summed E-state index contributed by atoms with van der Waals surface area (Å²) in [7, 11) is 0. The van der Waals surface area contributed by atoms with E-state index in [-0.39, 0.29) is 11.7 Å². The Hall–Kier alpha value is -2.54. The van der Waals surface area contributed by atoms with Crippen LogP contribution in [-0.2, 0) is 11.3 Å². The van der Waals surface area contributed by atoms with Gasteiger partial charge in [0, 0.05) is 43.0 Å². The lowest BCUT2D eigenvalue weighted by Gasteiger charge is -2.34. The van der Waals surface area contributed by atoms with Crippen LogP contribution in [0.5, 0.6) is 0 Å². The number of rotatable bonds is 6. The quantitative estimate of drug-likeness (QED) is 0.631. The summed E-state index contributed by atoms with van der Waals surface area (Å²) in [6.07, 6.45) is 0. The molecule has 29 heavy (non-hydrogen) atoms. The van der Waals surface area contributed by atoms with Gasteiger partial charge in [-0.05, 0) is 41.5 Å². The molecule has 1 aliphatic rings. The lowest BCUT2D eigenvalue weighted by atomic mass is 10.1. The van der Waals surface area contributed by atoms with Crippen LogP contribution in [-0.4, -0.2) is 54.2 Å². The summed E-state index contributed by atoms with van der Waals surface area (Å²) in [5.41, 5.74) is 2.53. The first-order valence-corrected chi connectivity index (χ1v) is 10.8. The number of hydrogen-bond acceptors (Lipinski definition) is 5. The molecule has 1 aromatic heterocycles. The third-order valence-corrected chi connectivity index (χ3v) is 6.38. The smallest absolute Gasteiger partial charge is 0.238 e. The lowest BCUT2D eigenvalue weighted by molar-refractivity contribution is -0.117. The summed E-state index contributed by atoms with van der Waals surface area (Å²) in [5, 5.41) is 6.50. The SMILES string of the molecule is CC(=O)c1ccccc1NC(=O)CN1CCN(Cc2csc3ccccc23)CC1. The van der Waals surface area contributed by atoms with E-state index in [0.29, 0.717) is 17.8 Å². The average Bonchev–Trinajstić information content (AvgIpc) is 3.12. The molecule has 150 valence electrons. The minimum absolute atomic E-state index is 0.0459. The van der Waals surface area contributed by atoms with Crippen molar-refractivity contribution in [3.05, 3.63) is 65.0 Å². The molecule has 3 aromatic rings. The van der Waals surface area contributed by atoms with Gasteiger partial charge in [-0.15, -0.1) is 11.3 Å². The summed E-state index contributed by atoms with van der Waals surface area (Å²) in [4.78, 5) is 28.8. The van der Waals surface area contributed by atoms with Gasteiger partial charge in [0.05, 0.1) is 12.2 Å². The minimum atomic E-state index is -0.0732. The van der Waals surface area contributed by atoms with E-state index in [1.54, 1.807) is 23.5 Å². The molecule has 6 heteroatoms. The molecular formula is C23H25N3O2S. The largest absolute Gasteiger partial charge is 0.324 e. The first kappa shape index (κ1) is 19.8. The Morgan fingerprint density at radius 1 is 0.966 bits per heavy atom. The zero-order valence-corrected chi connectivity index (χ0v) is 17.4. The molecule has 0 saturated carbocycles. The second-order valence-corrected chi connectivity index (χ2v) is 8.37. The van der Waals surface area contributed by atoms with Crippen molar-refractivity contribution < 1.29 is 9.59 Å². The van der Waals surface area contributed by atoms with Crippen molar-refractivity contribution >= 4 is 38.8 Å². The Morgan fingerprint density at radius 2 is 1.66 bits per heavy atom. The molecule has 1 amide bonds. The standard InChI is InChI=1S/C23H25N3O2S/c1-17(27)19-6-2-4-8-21(19)24-23(28)15-26-12-10-25(11-13-26)14-18-16-29-22-9-5-3-7-20(18)22/h2-9,16H,10-15H2,1H3,(H,24,28). The number of carbonyl (C=O) groups excluding carboxylic acids is 2. The number of nitrogens with one attached hydrogen (secondary N) is 1. The monoisotopic (exact) mass is 407 g/mol. The second kappa shape index (κ2) is 8.86. The van der Waals surface area contributed by atoms with E-state index in [1.165, 1.54) is 22.6 Å². The number of anilines is 1. The zero-order valence-electron chi connectivity index (χ0n) is 16.6. The van der Waals surface area contributed by atoms with Crippen molar-refractivity contribution in [1.29, 1.82) is 0 Å². The fourth-order valence-electron chi connectivity index (χ4n) is 3.79. The highest BCUT2D eigenvalue weighted by Crippen LogP contribution is 2.27. The number of carbonyl (C=O) groups is 2. The van der Waals surface area contributed by atoms with Crippen LogP contribution in [0.4, 0.5) is 5.69 Å². The maximum absolute atomic E-state index is 12.5. The van der Waals surface area contributed by atoms with E-state index in [0.717, 1.165) is 32.7 Å². The highest BCUT2D eigenvalue weighted by atomic mass is 32.1. The van der Waals surface area contributed by atoms with Crippen LogP contribution in [0.1, 0.15) is 22.8 Å². The number of benzene rings is 2. The zero-order chi connectivity index (χ0) is 20.2. The lowest BCUT2D eigenvalue weighted by Crippen LogP contribution is -2.48. The van der Waals surface area contributed by atoms with Crippen LogP contribution in [0.25, 0.3) is 10.1 Å². The highest BCUT2D eigenvalue weighted by molar-refractivity contribution is 7.17. The van der Waals surface area contributed by atoms with Crippen molar-refractivity contribution in [3.8, 4) is 0 Å². The van der Waals surface area contributed by atoms with Gasteiger partial charge >= 0.3 is 0 Å². The Balaban J connectivity index is 1.29. The Morgan fingerprint density at radius 3 is 2.45 bits per heavy atom. The molecule has 1 fully saturated rings. The molecule has 1 N–H and O–H groups in total. The number of Topliss-reactive ketones (excluding diaryl/α,β-unsaturated/α-hetero) is 1. The summed E-state index contributed by atoms with van der Waals surface area (Å²) < 4.78 is 1.34. The molecule has 2 heterocycles. The summed E-state index contributed by atoms with van der Waals surface area (Å²) in [5.74, 6) is -0.119. The van der Waals surface area contributed by atoms with Gasteiger partial charge in [0.2, 0.25) is 5.91 Å². The van der Waals surface area contributed by atoms with Crippen LogP contribution in [0.2, 0.25) is 0 Å². The predicted octanol–water partition coefficient (Wildman–Crippen LogP) is 3.86. The molecule has 1 aliphatic heterocycles. The summed E-state index contributed by atoms with van der Waals surface area (Å²) in [6, 6.07) is 15.7. The van der Waals surface area contributed by atoms with Gasteiger partial charge in [-0.1, -0.05) is 30.3 Å². The molecule has 0 spiro atoms.